The molecule has 0 radical (unpaired) electrons. The second kappa shape index (κ2) is 11.4. The lowest BCUT2D eigenvalue weighted by Gasteiger charge is -2.19. The molecular weight excluding hydrogens is 525 g/mol. The highest BCUT2D eigenvalue weighted by Gasteiger charge is 2.37. The number of nitrogens with zero attached hydrogens (tertiary/aromatic N) is 1. The molecule has 40 heavy (non-hydrogen) atoms. The number of hydrogen-bond acceptors (Lipinski definition) is 5. The third-order valence-electron chi connectivity index (χ3n) is 6.41. The van der Waals surface area contributed by atoms with E-state index in [1.807, 2.05) is 24.3 Å². The third-order valence-corrected chi connectivity index (χ3v) is 6.41. The molecule has 3 aromatic carbocycles. The minimum absolute atomic E-state index is 0.0297. The fourth-order valence-corrected chi connectivity index (χ4v) is 4.25. The molecule has 0 saturated carbocycles. The summed E-state index contributed by atoms with van der Waals surface area (Å²) in [5, 5.41) is 2.11. The number of rotatable bonds is 7. The average Bonchev–Trinajstić information content (AvgIpc) is 3.29. The number of anilines is 2. The van der Waals surface area contributed by atoms with Gasteiger partial charge in [0.2, 0.25) is 5.91 Å². The lowest BCUT2D eigenvalue weighted by molar-refractivity contribution is -0.151. The average molecular weight is 555 g/mol. The molecule has 1 saturated heterocycles. The van der Waals surface area contributed by atoms with Crippen molar-refractivity contribution in [1.82, 2.24) is 0 Å². The number of hydrogen-bond donors (Lipinski definition) is 1. The maximum atomic E-state index is 13.1. The van der Waals surface area contributed by atoms with Crippen molar-refractivity contribution in [2.45, 2.75) is 38.8 Å². The van der Waals surface area contributed by atoms with Gasteiger partial charge in [-0.2, -0.15) is 13.2 Å². The zero-order chi connectivity index (χ0) is 29.1. The van der Waals surface area contributed by atoms with E-state index in [4.69, 9.17) is 9.47 Å². The van der Waals surface area contributed by atoms with Crippen LogP contribution in [0.3, 0.4) is 0 Å². The first-order valence-electron chi connectivity index (χ1n) is 12.6. The molecule has 0 bridgehead atoms. The zero-order valence-corrected chi connectivity index (χ0v) is 22.2. The Balaban J connectivity index is 1.30. The first-order chi connectivity index (χ1) is 18.8. The van der Waals surface area contributed by atoms with Crippen LogP contribution in [0.15, 0.2) is 72.8 Å². The van der Waals surface area contributed by atoms with E-state index in [2.05, 4.69) is 26.1 Å². The van der Waals surface area contributed by atoms with Crippen molar-refractivity contribution >= 4 is 29.2 Å². The van der Waals surface area contributed by atoms with Gasteiger partial charge in [-0.1, -0.05) is 45.0 Å². The summed E-state index contributed by atoms with van der Waals surface area (Å²) in [4.78, 5) is 38.7. The highest BCUT2D eigenvalue weighted by atomic mass is 19.4. The standard InChI is InChI=1S/C30H29F3N2O5/c1-29(2,3)20-8-12-22(13-9-20)40-23-14-10-21(11-15-23)35-17-19(16-27(35)37)28(38)39-18-26(36)34-25-7-5-4-6-24(25)30(31,32)33/h4-15,19H,16-18H2,1-3H3,(H,34,36)/t19-/m0/s1. The van der Waals surface area contributed by atoms with Gasteiger partial charge >= 0.3 is 12.1 Å². The van der Waals surface area contributed by atoms with Gasteiger partial charge in [-0.15, -0.1) is 0 Å². The fourth-order valence-electron chi connectivity index (χ4n) is 4.25. The molecule has 2 amide bonds. The van der Waals surface area contributed by atoms with Gasteiger partial charge in [0.15, 0.2) is 6.61 Å². The number of carbonyl (C=O) groups excluding carboxylic acids is 3. The number of amides is 2. The Labute approximate surface area is 229 Å². The van der Waals surface area contributed by atoms with Crippen molar-refractivity contribution in [2.75, 3.05) is 23.4 Å². The highest BCUT2D eigenvalue weighted by molar-refractivity contribution is 6.00. The first kappa shape index (κ1) is 28.7. The predicted molar refractivity (Wildman–Crippen MR) is 143 cm³/mol. The lowest BCUT2D eigenvalue weighted by Crippen LogP contribution is -2.28. The van der Waals surface area contributed by atoms with E-state index in [9.17, 15) is 27.6 Å². The Hall–Kier alpha value is -4.34. The molecule has 0 spiro atoms. The van der Waals surface area contributed by atoms with E-state index in [0.29, 0.717) is 17.2 Å². The molecule has 210 valence electrons. The van der Waals surface area contributed by atoms with Crippen LogP contribution in [0.4, 0.5) is 24.5 Å². The zero-order valence-electron chi connectivity index (χ0n) is 22.2. The summed E-state index contributed by atoms with van der Waals surface area (Å²) in [5.41, 5.74) is 0.330. The lowest BCUT2D eigenvalue weighted by atomic mass is 9.87. The van der Waals surface area contributed by atoms with Crippen LogP contribution < -0.4 is 15.0 Å². The van der Waals surface area contributed by atoms with Gasteiger partial charge in [-0.05, 0) is 59.5 Å². The van der Waals surface area contributed by atoms with Crippen molar-refractivity contribution < 1.29 is 37.0 Å². The molecule has 7 nitrogen and oxygen atoms in total. The molecule has 1 fully saturated rings. The Bertz CT molecular complexity index is 1380. The summed E-state index contributed by atoms with van der Waals surface area (Å²) < 4.78 is 50.3. The molecule has 1 aliphatic heterocycles. The minimum Gasteiger partial charge on any atom is -0.457 e. The number of nitrogens with one attached hydrogen (secondary N) is 1. The Morgan fingerprint density at radius 2 is 1.52 bits per heavy atom. The van der Waals surface area contributed by atoms with Crippen LogP contribution in [-0.2, 0) is 30.7 Å². The molecular formula is C30H29F3N2O5. The van der Waals surface area contributed by atoms with Crippen molar-refractivity contribution in [2.24, 2.45) is 5.92 Å². The van der Waals surface area contributed by atoms with Gasteiger partial charge in [0.05, 0.1) is 17.2 Å². The van der Waals surface area contributed by atoms with Gasteiger partial charge < -0.3 is 19.7 Å². The second-order valence-corrected chi connectivity index (χ2v) is 10.5. The van der Waals surface area contributed by atoms with Gasteiger partial charge in [-0.25, -0.2) is 0 Å². The summed E-state index contributed by atoms with van der Waals surface area (Å²) >= 11 is 0. The van der Waals surface area contributed by atoms with Crippen LogP contribution in [0.2, 0.25) is 0 Å². The van der Waals surface area contributed by atoms with E-state index in [1.54, 1.807) is 24.3 Å². The number of alkyl halides is 3. The molecule has 1 atom stereocenters. The third kappa shape index (κ3) is 6.99. The van der Waals surface area contributed by atoms with E-state index >= 15 is 0 Å². The summed E-state index contributed by atoms with van der Waals surface area (Å²) in [6.07, 6.45) is -4.77. The van der Waals surface area contributed by atoms with Crippen LogP contribution in [0.25, 0.3) is 0 Å². The van der Waals surface area contributed by atoms with E-state index in [-0.39, 0.29) is 24.3 Å². The van der Waals surface area contributed by atoms with Gasteiger partial charge in [0, 0.05) is 18.7 Å². The number of para-hydroxylation sites is 1. The van der Waals surface area contributed by atoms with Gasteiger partial charge in [0.25, 0.3) is 5.91 Å². The van der Waals surface area contributed by atoms with Crippen molar-refractivity contribution in [1.29, 1.82) is 0 Å². The maximum absolute atomic E-state index is 13.1. The normalized spacial score (nSPS) is 15.6. The minimum atomic E-state index is -4.66. The van der Waals surface area contributed by atoms with Crippen LogP contribution in [0.5, 0.6) is 11.5 Å². The summed E-state index contributed by atoms with van der Waals surface area (Å²) in [6.45, 7) is 5.65. The first-order valence-corrected chi connectivity index (χ1v) is 12.6. The predicted octanol–water partition coefficient (Wildman–Crippen LogP) is 6.33. The molecule has 0 aromatic heterocycles. The Morgan fingerprint density at radius 1 is 0.925 bits per heavy atom. The summed E-state index contributed by atoms with van der Waals surface area (Å²) in [5.74, 6) is -1.57. The van der Waals surface area contributed by atoms with Crippen LogP contribution in [-0.4, -0.2) is 30.9 Å². The van der Waals surface area contributed by atoms with E-state index in [0.717, 1.165) is 12.1 Å². The van der Waals surface area contributed by atoms with Crippen LogP contribution in [0, 0.1) is 5.92 Å². The van der Waals surface area contributed by atoms with E-state index < -0.39 is 41.8 Å². The SMILES string of the molecule is CC(C)(C)c1ccc(Oc2ccc(N3C[C@@H](C(=O)OCC(=O)Nc4ccccc4C(F)(F)F)CC3=O)cc2)cc1. The van der Waals surface area contributed by atoms with Crippen molar-refractivity contribution in [3.05, 3.63) is 83.9 Å². The molecule has 0 unspecified atom stereocenters. The number of ether oxygens (including phenoxy) is 2. The number of halogens is 3. The largest absolute Gasteiger partial charge is 0.457 e. The topological polar surface area (TPSA) is 84.9 Å². The monoisotopic (exact) mass is 554 g/mol. The smallest absolute Gasteiger partial charge is 0.418 e. The summed E-state index contributed by atoms with van der Waals surface area (Å²) in [7, 11) is 0. The molecule has 1 heterocycles. The Kier molecular flexibility index (Phi) is 8.18. The fraction of sp³-hybridized carbons (Fsp3) is 0.300. The molecule has 1 N–H and O–H groups in total. The van der Waals surface area contributed by atoms with Gasteiger partial charge in [0.1, 0.15) is 11.5 Å². The molecule has 1 aliphatic rings. The highest BCUT2D eigenvalue weighted by Crippen LogP contribution is 2.35. The summed E-state index contributed by atoms with van der Waals surface area (Å²) in [6, 6.07) is 19.1. The van der Waals surface area contributed by atoms with E-state index in [1.165, 1.54) is 22.6 Å². The quantitative estimate of drug-likeness (QED) is 0.345. The number of carbonyl (C=O) groups is 3. The number of benzene rings is 3. The van der Waals surface area contributed by atoms with Crippen molar-refractivity contribution in [3.8, 4) is 11.5 Å². The van der Waals surface area contributed by atoms with Gasteiger partial charge in [-0.3, -0.25) is 14.4 Å². The maximum Gasteiger partial charge on any atom is 0.418 e. The van der Waals surface area contributed by atoms with Crippen LogP contribution in [0.1, 0.15) is 38.3 Å². The number of esters is 1. The Morgan fingerprint density at radius 3 is 2.12 bits per heavy atom. The molecule has 10 heteroatoms. The molecule has 4 rings (SSSR count). The molecule has 0 aliphatic carbocycles. The molecule has 3 aromatic rings. The second-order valence-electron chi connectivity index (χ2n) is 10.5. The van der Waals surface area contributed by atoms with Crippen LogP contribution >= 0.6 is 0 Å². The van der Waals surface area contributed by atoms with Crippen molar-refractivity contribution in [3.63, 3.8) is 0 Å².